The zero-order valence-electron chi connectivity index (χ0n) is 10.5. The van der Waals surface area contributed by atoms with Gasteiger partial charge in [0.05, 0.1) is 18.2 Å². The van der Waals surface area contributed by atoms with E-state index in [-0.39, 0.29) is 0 Å². The number of nitrogens with zero attached hydrogens (tertiary/aromatic N) is 2. The van der Waals surface area contributed by atoms with Gasteiger partial charge >= 0.3 is 0 Å². The van der Waals surface area contributed by atoms with Crippen molar-refractivity contribution in [3.05, 3.63) is 55.0 Å². The fraction of sp³-hybridized carbons (Fsp3) is 0.0667. The van der Waals surface area contributed by atoms with Crippen LogP contribution in [0.4, 0.5) is 5.82 Å². The highest BCUT2D eigenvalue weighted by Crippen LogP contribution is 2.24. The molecule has 0 radical (unpaired) electrons. The van der Waals surface area contributed by atoms with E-state index in [4.69, 9.17) is 4.42 Å². The van der Waals surface area contributed by atoms with Crippen molar-refractivity contribution in [3.63, 3.8) is 0 Å². The largest absolute Gasteiger partial charge is 0.472 e. The first-order chi connectivity index (χ1) is 9.36. The normalized spacial score (nSPS) is 10.4. The molecule has 94 valence electrons. The molecule has 0 saturated carbocycles. The van der Waals surface area contributed by atoms with Gasteiger partial charge in [-0.05, 0) is 6.07 Å². The second-order valence-corrected chi connectivity index (χ2v) is 4.09. The first-order valence-electron chi connectivity index (χ1n) is 6.01. The number of benzene rings is 1. The molecule has 3 rings (SSSR count). The summed E-state index contributed by atoms with van der Waals surface area (Å²) in [7, 11) is 1.84. The molecule has 0 atom stereocenters. The second kappa shape index (κ2) is 4.94. The smallest absolute Gasteiger partial charge is 0.162 e. The van der Waals surface area contributed by atoms with Gasteiger partial charge in [-0.15, -0.1) is 0 Å². The lowest BCUT2D eigenvalue weighted by Crippen LogP contribution is -1.98. The average molecular weight is 251 g/mol. The second-order valence-electron chi connectivity index (χ2n) is 4.09. The maximum absolute atomic E-state index is 5.11. The predicted octanol–water partition coefficient (Wildman–Crippen LogP) is 3.45. The Morgan fingerprint density at radius 1 is 1.00 bits per heavy atom. The highest BCUT2D eigenvalue weighted by atomic mass is 16.3. The topological polar surface area (TPSA) is 51.0 Å². The Morgan fingerprint density at radius 3 is 2.53 bits per heavy atom. The van der Waals surface area contributed by atoms with Gasteiger partial charge in [0.2, 0.25) is 0 Å². The number of hydrogen-bond donors (Lipinski definition) is 1. The van der Waals surface area contributed by atoms with Crippen LogP contribution in [0, 0.1) is 0 Å². The van der Waals surface area contributed by atoms with Crippen molar-refractivity contribution in [2.45, 2.75) is 0 Å². The first-order valence-corrected chi connectivity index (χ1v) is 6.01. The van der Waals surface area contributed by atoms with Crippen molar-refractivity contribution >= 4 is 5.82 Å². The van der Waals surface area contributed by atoms with Crippen LogP contribution >= 0.6 is 0 Å². The summed E-state index contributed by atoms with van der Waals surface area (Å²) < 4.78 is 5.11. The van der Waals surface area contributed by atoms with Gasteiger partial charge in [-0.25, -0.2) is 9.97 Å². The Hall–Kier alpha value is -2.62. The van der Waals surface area contributed by atoms with Crippen molar-refractivity contribution in [1.29, 1.82) is 0 Å². The van der Waals surface area contributed by atoms with E-state index in [1.54, 1.807) is 12.5 Å². The zero-order chi connectivity index (χ0) is 13.1. The fourth-order valence-electron chi connectivity index (χ4n) is 1.85. The molecule has 0 unspecified atom stereocenters. The van der Waals surface area contributed by atoms with Gasteiger partial charge in [-0.2, -0.15) is 0 Å². The minimum atomic E-state index is 0.698. The van der Waals surface area contributed by atoms with E-state index in [1.165, 1.54) is 0 Å². The molecule has 1 aromatic carbocycles. The van der Waals surface area contributed by atoms with E-state index in [1.807, 2.05) is 49.5 Å². The van der Waals surface area contributed by atoms with Crippen LogP contribution in [0.1, 0.15) is 0 Å². The summed E-state index contributed by atoms with van der Waals surface area (Å²) in [6, 6.07) is 13.7. The van der Waals surface area contributed by atoms with E-state index < -0.39 is 0 Å². The molecule has 0 aliphatic carbocycles. The molecule has 0 aliphatic rings. The Labute approximate surface area is 111 Å². The van der Waals surface area contributed by atoms with Crippen molar-refractivity contribution < 1.29 is 4.42 Å². The molecule has 19 heavy (non-hydrogen) atoms. The summed E-state index contributed by atoms with van der Waals surface area (Å²) in [4.78, 5) is 9.06. The predicted molar refractivity (Wildman–Crippen MR) is 74.7 cm³/mol. The zero-order valence-corrected chi connectivity index (χ0v) is 10.5. The molecule has 0 aliphatic heterocycles. The lowest BCUT2D eigenvalue weighted by molar-refractivity contribution is 0.568. The molecule has 0 spiro atoms. The average Bonchev–Trinajstić information content (AvgIpc) is 3.02. The Balaban J connectivity index is 2.13. The van der Waals surface area contributed by atoms with Gasteiger partial charge in [0.25, 0.3) is 0 Å². The molecule has 0 fully saturated rings. The number of anilines is 1. The third-order valence-electron chi connectivity index (χ3n) is 2.83. The molecule has 0 saturated heterocycles. The van der Waals surface area contributed by atoms with E-state index in [0.29, 0.717) is 5.82 Å². The fourth-order valence-corrected chi connectivity index (χ4v) is 1.85. The lowest BCUT2D eigenvalue weighted by atomic mass is 10.2. The van der Waals surface area contributed by atoms with Gasteiger partial charge in [0.1, 0.15) is 5.82 Å². The summed E-state index contributed by atoms with van der Waals surface area (Å²) in [6.07, 6.45) is 3.31. The third-order valence-corrected chi connectivity index (χ3v) is 2.83. The maximum atomic E-state index is 5.11. The Morgan fingerprint density at radius 2 is 1.84 bits per heavy atom. The van der Waals surface area contributed by atoms with E-state index >= 15 is 0 Å². The summed E-state index contributed by atoms with van der Waals surface area (Å²) in [6.45, 7) is 0. The Bertz CT molecular complexity index is 663. The molecular formula is C15H13N3O. The molecule has 4 nitrogen and oxygen atoms in total. The van der Waals surface area contributed by atoms with E-state index in [2.05, 4.69) is 15.3 Å². The van der Waals surface area contributed by atoms with Crippen LogP contribution in [0.2, 0.25) is 0 Å². The van der Waals surface area contributed by atoms with Gasteiger partial charge in [0, 0.05) is 24.2 Å². The Kier molecular flexibility index (Phi) is 2.98. The van der Waals surface area contributed by atoms with Crippen LogP contribution in [0.25, 0.3) is 22.6 Å². The van der Waals surface area contributed by atoms with Crippen LogP contribution in [0.5, 0.6) is 0 Å². The molecular weight excluding hydrogens is 238 g/mol. The molecule has 1 N–H and O–H groups in total. The lowest BCUT2D eigenvalue weighted by Gasteiger charge is -2.06. The van der Waals surface area contributed by atoms with Crippen LogP contribution in [-0.4, -0.2) is 17.0 Å². The maximum Gasteiger partial charge on any atom is 0.162 e. The van der Waals surface area contributed by atoms with Gasteiger partial charge in [-0.1, -0.05) is 30.3 Å². The number of rotatable bonds is 3. The van der Waals surface area contributed by atoms with Crippen molar-refractivity contribution in [3.8, 4) is 22.6 Å². The summed E-state index contributed by atoms with van der Waals surface area (Å²) in [5.74, 6) is 1.48. The minimum Gasteiger partial charge on any atom is -0.472 e. The summed E-state index contributed by atoms with van der Waals surface area (Å²) in [5.41, 5.74) is 2.77. The molecule has 4 heteroatoms. The van der Waals surface area contributed by atoms with Gasteiger partial charge in [0.15, 0.2) is 5.82 Å². The highest BCUT2D eigenvalue weighted by molar-refractivity contribution is 5.66. The molecule has 2 heterocycles. The number of hydrogen-bond acceptors (Lipinski definition) is 4. The first kappa shape index (κ1) is 11.5. The monoisotopic (exact) mass is 251 g/mol. The number of nitrogens with one attached hydrogen (secondary N) is 1. The molecule has 0 amide bonds. The number of aromatic nitrogens is 2. The number of furan rings is 1. The standard InChI is InChI=1S/C15H13N3O/c1-16-14-9-13(12-7-8-19-10-12)17-15(18-14)11-5-3-2-4-6-11/h2-10H,1H3,(H,16,17,18). The van der Waals surface area contributed by atoms with Crippen molar-refractivity contribution in [2.24, 2.45) is 0 Å². The van der Waals surface area contributed by atoms with Crippen molar-refractivity contribution in [2.75, 3.05) is 12.4 Å². The highest BCUT2D eigenvalue weighted by Gasteiger charge is 2.08. The minimum absolute atomic E-state index is 0.698. The molecule has 0 bridgehead atoms. The van der Waals surface area contributed by atoms with Crippen LogP contribution in [0.15, 0.2) is 59.4 Å². The quantitative estimate of drug-likeness (QED) is 0.774. The van der Waals surface area contributed by atoms with Crippen LogP contribution in [0.3, 0.4) is 0 Å². The van der Waals surface area contributed by atoms with Crippen LogP contribution < -0.4 is 5.32 Å². The van der Waals surface area contributed by atoms with Crippen LogP contribution in [-0.2, 0) is 0 Å². The molecule has 2 aromatic heterocycles. The van der Waals surface area contributed by atoms with Gasteiger partial charge in [-0.3, -0.25) is 0 Å². The van der Waals surface area contributed by atoms with Gasteiger partial charge < -0.3 is 9.73 Å². The summed E-state index contributed by atoms with van der Waals surface area (Å²) >= 11 is 0. The van der Waals surface area contributed by atoms with Crippen molar-refractivity contribution in [1.82, 2.24) is 9.97 Å². The third kappa shape index (κ3) is 2.33. The molecule has 3 aromatic rings. The van der Waals surface area contributed by atoms with E-state index in [9.17, 15) is 0 Å². The van der Waals surface area contributed by atoms with E-state index in [0.717, 1.165) is 22.6 Å². The SMILES string of the molecule is CNc1cc(-c2ccoc2)nc(-c2ccccc2)n1. The summed E-state index contributed by atoms with van der Waals surface area (Å²) in [5, 5.41) is 3.06.